The van der Waals surface area contributed by atoms with E-state index in [4.69, 9.17) is 0 Å². The highest BCUT2D eigenvalue weighted by Crippen LogP contribution is 2.21. The molecule has 0 amide bonds. The molecule has 1 aromatic carbocycles. The standard InChI is InChI=1S/C10H6BrFN2OS/c11-10-6(2-1-3-7(10)12)4-9(15)8-5-16-14-13-8/h1-3,5H,4H2. The summed E-state index contributed by atoms with van der Waals surface area (Å²) in [6, 6.07) is 4.61. The van der Waals surface area contributed by atoms with E-state index < -0.39 is 0 Å². The predicted molar refractivity (Wildman–Crippen MR) is 62.0 cm³/mol. The van der Waals surface area contributed by atoms with E-state index in [0.717, 1.165) is 11.5 Å². The molecule has 2 aromatic rings. The first kappa shape index (κ1) is 11.3. The van der Waals surface area contributed by atoms with Gasteiger partial charge in [-0.25, -0.2) is 4.39 Å². The van der Waals surface area contributed by atoms with E-state index >= 15 is 0 Å². The third-order valence-electron chi connectivity index (χ3n) is 2.03. The van der Waals surface area contributed by atoms with Crippen LogP contribution >= 0.6 is 27.5 Å². The van der Waals surface area contributed by atoms with E-state index in [1.54, 1.807) is 17.5 Å². The molecule has 0 bridgehead atoms. The Kier molecular flexibility index (Phi) is 3.40. The Morgan fingerprint density at radius 3 is 3.00 bits per heavy atom. The van der Waals surface area contributed by atoms with Crippen molar-refractivity contribution >= 4 is 33.2 Å². The molecule has 16 heavy (non-hydrogen) atoms. The van der Waals surface area contributed by atoms with E-state index in [0.29, 0.717) is 15.7 Å². The average molecular weight is 301 g/mol. The number of carbonyl (C=O) groups is 1. The summed E-state index contributed by atoms with van der Waals surface area (Å²) in [5.41, 5.74) is 0.930. The minimum absolute atomic E-state index is 0.115. The molecule has 3 nitrogen and oxygen atoms in total. The summed E-state index contributed by atoms with van der Waals surface area (Å²) in [5, 5.41) is 5.25. The molecule has 0 saturated heterocycles. The van der Waals surface area contributed by atoms with Crippen LogP contribution in [0.4, 0.5) is 4.39 Å². The van der Waals surface area contributed by atoms with Crippen LogP contribution in [0.3, 0.4) is 0 Å². The zero-order valence-corrected chi connectivity index (χ0v) is 10.4. The molecule has 1 aromatic heterocycles. The van der Waals surface area contributed by atoms with Crippen molar-refractivity contribution in [2.75, 3.05) is 0 Å². The number of ketones is 1. The van der Waals surface area contributed by atoms with E-state index in [1.165, 1.54) is 6.07 Å². The monoisotopic (exact) mass is 300 g/mol. The molecule has 0 radical (unpaired) electrons. The number of benzene rings is 1. The Bertz CT molecular complexity index is 516. The van der Waals surface area contributed by atoms with Gasteiger partial charge in [0, 0.05) is 11.8 Å². The highest BCUT2D eigenvalue weighted by atomic mass is 79.9. The van der Waals surface area contributed by atoms with Gasteiger partial charge in [-0.1, -0.05) is 16.6 Å². The maximum absolute atomic E-state index is 13.2. The zero-order valence-electron chi connectivity index (χ0n) is 7.98. The maximum atomic E-state index is 13.2. The van der Waals surface area contributed by atoms with Crippen molar-refractivity contribution in [1.29, 1.82) is 0 Å². The topological polar surface area (TPSA) is 42.9 Å². The quantitative estimate of drug-likeness (QED) is 0.819. The lowest BCUT2D eigenvalue weighted by atomic mass is 10.1. The van der Waals surface area contributed by atoms with Crippen molar-refractivity contribution in [3.05, 3.63) is 45.1 Å². The van der Waals surface area contributed by atoms with E-state index in [2.05, 4.69) is 25.5 Å². The normalized spacial score (nSPS) is 10.4. The number of Topliss-reactive ketones (excluding diaryl/α,β-unsaturated/α-hetero) is 1. The highest BCUT2D eigenvalue weighted by molar-refractivity contribution is 9.10. The van der Waals surface area contributed by atoms with Gasteiger partial charge in [0.1, 0.15) is 11.5 Å². The lowest BCUT2D eigenvalue weighted by Crippen LogP contribution is -2.05. The fourth-order valence-corrected chi connectivity index (χ4v) is 2.10. The summed E-state index contributed by atoms with van der Waals surface area (Å²) in [7, 11) is 0. The number of hydrogen-bond acceptors (Lipinski definition) is 4. The molecule has 82 valence electrons. The van der Waals surface area contributed by atoms with Gasteiger partial charge in [0.05, 0.1) is 4.47 Å². The van der Waals surface area contributed by atoms with Crippen molar-refractivity contribution in [2.45, 2.75) is 6.42 Å². The Balaban J connectivity index is 2.22. The van der Waals surface area contributed by atoms with Gasteiger partial charge in [0.25, 0.3) is 0 Å². The number of aromatic nitrogens is 2. The van der Waals surface area contributed by atoms with E-state index in [-0.39, 0.29) is 18.0 Å². The molecule has 2 rings (SSSR count). The van der Waals surface area contributed by atoms with Crippen LogP contribution in [0.1, 0.15) is 16.1 Å². The van der Waals surface area contributed by atoms with Gasteiger partial charge in [0.15, 0.2) is 5.78 Å². The van der Waals surface area contributed by atoms with Crippen LogP contribution in [0.2, 0.25) is 0 Å². The molecular weight excluding hydrogens is 295 g/mol. The van der Waals surface area contributed by atoms with Crippen LogP contribution in [0.25, 0.3) is 0 Å². The number of rotatable bonds is 3. The molecule has 0 atom stereocenters. The van der Waals surface area contributed by atoms with Crippen LogP contribution < -0.4 is 0 Å². The summed E-state index contributed by atoms with van der Waals surface area (Å²) in [4.78, 5) is 11.7. The molecule has 1 heterocycles. The second-order valence-corrected chi connectivity index (χ2v) is 4.51. The van der Waals surface area contributed by atoms with Crippen molar-refractivity contribution in [1.82, 2.24) is 9.59 Å². The van der Waals surface area contributed by atoms with Gasteiger partial charge in [-0.3, -0.25) is 4.79 Å². The Morgan fingerprint density at radius 1 is 1.50 bits per heavy atom. The van der Waals surface area contributed by atoms with Crippen LogP contribution in [0.5, 0.6) is 0 Å². The first-order valence-corrected chi connectivity index (χ1v) is 6.04. The Morgan fingerprint density at radius 2 is 2.31 bits per heavy atom. The van der Waals surface area contributed by atoms with Gasteiger partial charge in [-0.15, -0.1) is 5.10 Å². The zero-order chi connectivity index (χ0) is 11.5. The number of hydrogen-bond donors (Lipinski definition) is 0. The minimum Gasteiger partial charge on any atom is -0.292 e. The van der Waals surface area contributed by atoms with Crippen LogP contribution in [-0.4, -0.2) is 15.4 Å². The molecule has 0 aliphatic carbocycles. The Labute approximate surface area is 104 Å². The smallest absolute Gasteiger partial charge is 0.188 e. The molecule has 6 heteroatoms. The molecule has 0 N–H and O–H groups in total. The van der Waals surface area contributed by atoms with Gasteiger partial charge in [-0.05, 0) is 39.1 Å². The van der Waals surface area contributed by atoms with Crippen molar-refractivity contribution in [2.24, 2.45) is 0 Å². The van der Waals surface area contributed by atoms with Crippen molar-refractivity contribution < 1.29 is 9.18 Å². The number of nitrogens with zero attached hydrogens (tertiary/aromatic N) is 2. The van der Waals surface area contributed by atoms with Crippen LogP contribution in [0, 0.1) is 5.82 Å². The predicted octanol–water partition coefficient (Wildman–Crippen LogP) is 2.87. The van der Waals surface area contributed by atoms with Crippen molar-refractivity contribution in [3.63, 3.8) is 0 Å². The molecular formula is C10H6BrFN2OS. The van der Waals surface area contributed by atoms with Crippen LogP contribution in [0.15, 0.2) is 28.1 Å². The third-order valence-corrected chi connectivity index (χ3v) is 3.42. The lowest BCUT2D eigenvalue weighted by Gasteiger charge is -2.02. The van der Waals surface area contributed by atoms with E-state index in [9.17, 15) is 9.18 Å². The maximum Gasteiger partial charge on any atom is 0.188 e. The summed E-state index contributed by atoms with van der Waals surface area (Å²) < 4.78 is 17.1. The fraction of sp³-hybridized carbons (Fsp3) is 0.100. The van der Waals surface area contributed by atoms with Gasteiger partial charge >= 0.3 is 0 Å². The second-order valence-electron chi connectivity index (χ2n) is 3.10. The van der Waals surface area contributed by atoms with Gasteiger partial charge in [-0.2, -0.15) is 0 Å². The van der Waals surface area contributed by atoms with Gasteiger partial charge < -0.3 is 0 Å². The van der Waals surface area contributed by atoms with Crippen LogP contribution in [-0.2, 0) is 6.42 Å². The highest BCUT2D eigenvalue weighted by Gasteiger charge is 2.13. The number of halogens is 2. The summed E-state index contributed by atoms with van der Waals surface area (Å²) in [5.74, 6) is -0.540. The minimum atomic E-state index is -0.373. The second kappa shape index (κ2) is 4.80. The Hall–Kier alpha value is -1.14. The van der Waals surface area contributed by atoms with E-state index in [1.807, 2.05) is 0 Å². The summed E-state index contributed by atoms with van der Waals surface area (Å²) in [6.07, 6.45) is 0.115. The number of carbonyl (C=O) groups excluding carboxylic acids is 1. The average Bonchev–Trinajstić information content (AvgIpc) is 2.78. The molecule has 0 aliphatic rings. The fourth-order valence-electron chi connectivity index (χ4n) is 1.23. The van der Waals surface area contributed by atoms with Crippen molar-refractivity contribution in [3.8, 4) is 0 Å². The lowest BCUT2D eigenvalue weighted by molar-refractivity contribution is 0.0988. The molecule has 0 unspecified atom stereocenters. The molecule has 0 saturated carbocycles. The SMILES string of the molecule is O=C(Cc1cccc(F)c1Br)c1csnn1. The molecule has 0 spiro atoms. The molecule has 0 aliphatic heterocycles. The summed E-state index contributed by atoms with van der Waals surface area (Å²) >= 11 is 4.23. The third kappa shape index (κ3) is 2.33. The first-order chi connectivity index (χ1) is 7.68. The van der Waals surface area contributed by atoms with Gasteiger partial charge in [0.2, 0.25) is 0 Å². The first-order valence-electron chi connectivity index (χ1n) is 4.41. The molecule has 0 fully saturated rings. The largest absolute Gasteiger partial charge is 0.292 e. The summed E-state index contributed by atoms with van der Waals surface area (Å²) in [6.45, 7) is 0.